The summed E-state index contributed by atoms with van der Waals surface area (Å²) in [6.07, 6.45) is 4.69. The van der Waals surface area contributed by atoms with Crippen LogP contribution in [0.5, 0.6) is 0 Å². The molecule has 78 valence electrons. The molecule has 0 bridgehead atoms. The zero-order valence-corrected chi connectivity index (χ0v) is 8.74. The van der Waals surface area contributed by atoms with E-state index in [1.807, 2.05) is 24.3 Å². The van der Waals surface area contributed by atoms with E-state index >= 15 is 0 Å². The maximum atomic E-state index is 5.97. The van der Waals surface area contributed by atoms with Crippen molar-refractivity contribution < 1.29 is 0 Å². The van der Waals surface area contributed by atoms with Crippen molar-refractivity contribution in [1.29, 1.82) is 0 Å². The number of hydrogen-bond donors (Lipinski definition) is 2. The maximum Gasteiger partial charge on any atom is 0.0121 e. The van der Waals surface area contributed by atoms with Crippen molar-refractivity contribution >= 4 is 0 Å². The van der Waals surface area contributed by atoms with Gasteiger partial charge in [0.1, 0.15) is 0 Å². The molecule has 0 unspecified atom stereocenters. The third-order valence-corrected chi connectivity index (χ3v) is 2.69. The van der Waals surface area contributed by atoms with Gasteiger partial charge in [-0.05, 0) is 36.5 Å². The lowest BCUT2D eigenvalue weighted by molar-refractivity contribution is 0.850. The Kier molecular flexibility index (Phi) is 2.77. The minimum atomic E-state index is 0.882. The summed E-state index contributed by atoms with van der Waals surface area (Å²) in [5.41, 5.74) is 16.2. The zero-order valence-electron chi connectivity index (χ0n) is 8.74. The van der Waals surface area contributed by atoms with E-state index in [4.69, 9.17) is 11.5 Å². The molecule has 4 N–H and O–H groups in total. The van der Waals surface area contributed by atoms with Crippen molar-refractivity contribution in [3.8, 4) is 0 Å². The second-order valence-electron chi connectivity index (χ2n) is 3.93. The number of rotatable bonds is 2. The first-order chi connectivity index (χ1) is 7.25. The van der Waals surface area contributed by atoms with Gasteiger partial charge >= 0.3 is 0 Å². The fourth-order valence-corrected chi connectivity index (χ4v) is 1.81. The maximum absolute atomic E-state index is 5.97. The third-order valence-electron chi connectivity index (χ3n) is 2.69. The van der Waals surface area contributed by atoms with Crippen LogP contribution in [0.3, 0.4) is 0 Å². The van der Waals surface area contributed by atoms with E-state index in [9.17, 15) is 0 Å². The first-order valence-electron chi connectivity index (χ1n) is 5.23. The van der Waals surface area contributed by atoms with E-state index in [1.54, 1.807) is 0 Å². The lowest BCUT2D eigenvalue weighted by Crippen LogP contribution is -2.12. The highest BCUT2D eigenvalue weighted by Crippen LogP contribution is 2.21. The minimum Gasteiger partial charge on any atom is -0.402 e. The summed E-state index contributed by atoms with van der Waals surface area (Å²) < 4.78 is 0. The Labute approximate surface area is 90.3 Å². The van der Waals surface area contributed by atoms with Crippen LogP contribution in [0, 0.1) is 0 Å². The number of nitrogens with two attached hydrogens (primary N) is 2. The number of allylic oxidation sites excluding steroid dienone is 4. The molecule has 2 rings (SSSR count). The average molecular weight is 200 g/mol. The van der Waals surface area contributed by atoms with Crippen LogP contribution in [0.1, 0.15) is 18.4 Å². The van der Waals surface area contributed by atoms with Crippen LogP contribution in [0.15, 0.2) is 53.4 Å². The Morgan fingerprint density at radius 1 is 1.00 bits per heavy atom. The van der Waals surface area contributed by atoms with Gasteiger partial charge in [-0.15, -0.1) is 0 Å². The van der Waals surface area contributed by atoms with Crippen molar-refractivity contribution in [2.45, 2.75) is 19.3 Å². The molecule has 1 aromatic carbocycles. The predicted molar refractivity (Wildman–Crippen MR) is 62.9 cm³/mol. The molecule has 15 heavy (non-hydrogen) atoms. The van der Waals surface area contributed by atoms with Gasteiger partial charge in [-0.2, -0.15) is 0 Å². The molecule has 0 spiro atoms. The first-order valence-corrected chi connectivity index (χ1v) is 5.23. The molecule has 0 radical (unpaired) electrons. The lowest BCUT2D eigenvalue weighted by atomic mass is 9.96. The summed E-state index contributed by atoms with van der Waals surface area (Å²) >= 11 is 0. The molecule has 1 aliphatic rings. The summed E-state index contributed by atoms with van der Waals surface area (Å²) in [7, 11) is 0. The third kappa shape index (κ3) is 2.40. The molecule has 2 nitrogen and oxygen atoms in total. The molecule has 0 heterocycles. The van der Waals surface area contributed by atoms with Crippen LogP contribution in [0.2, 0.25) is 0 Å². The van der Waals surface area contributed by atoms with E-state index in [0.717, 1.165) is 30.7 Å². The Hall–Kier alpha value is -1.70. The summed E-state index contributed by atoms with van der Waals surface area (Å²) in [5.74, 6) is 0. The quantitative estimate of drug-likeness (QED) is 0.768. The molecular weight excluding hydrogens is 184 g/mol. The van der Waals surface area contributed by atoms with Gasteiger partial charge in [0.05, 0.1) is 0 Å². The van der Waals surface area contributed by atoms with Gasteiger partial charge in [0.2, 0.25) is 0 Å². The van der Waals surface area contributed by atoms with Crippen LogP contribution in [-0.4, -0.2) is 0 Å². The van der Waals surface area contributed by atoms with Crippen LogP contribution in [0.4, 0.5) is 0 Å². The second kappa shape index (κ2) is 4.22. The predicted octanol–water partition coefficient (Wildman–Crippen LogP) is 2.08. The summed E-state index contributed by atoms with van der Waals surface area (Å²) in [6.45, 7) is 0. The summed E-state index contributed by atoms with van der Waals surface area (Å²) in [6, 6.07) is 10.3. The molecule has 0 aliphatic heterocycles. The summed E-state index contributed by atoms with van der Waals surface area (Å²) in [5, 5.41) is 0. The van der Waals surface area contributed by atoms with Crippen LogP contribution in [-0.2, 0) is 6.42 Å². The molecule has 0 saturated carbocycles. The summed E-state index contributed by atoms with van der Waals surface area (Å²) in [4.78, 5) is 0. The highest BCUT2D eigenvalue weighted by molar-refractivity contribution is 5.35. The van der Waals surface area contributed by atoms with Crippen molar-refractivity contribution in [2.75, 3.05) is 0 Å². The smallest absolute Gasteiger partial charge is 0.0121 e. The van der Waals surface area contributed by atoms with Gasteiger partial charge in [0.15, 0.2) is 0 Å². The molecule has 0 fully saturated rings. The fraction of sp³-hybridized carbons (Fsp3) is 0.231. The van der Waals surface area contributed by atoms with Crippen LogP contribution >= 0.6 is 0 Å². The van der Waals surface area contributed by atoms with E-state index in [0.29, 0.717) is 0 Å². The molecule has 0 aromatic heterocycles. The molecule has 1 aliphatic carbocycles. The topological polar surface area (TPSA) is 52.0 Å². The largest absolute Gasteiger partial charge is 0.402 e. The first kappa shape index (κ1) is 9.84. The Morgan fingerprint density at radius 2 is 1.73 bits per heavy atom. The van der Waals surface area contributed by atoms with Crippen molar-refractivity contribution in [3.63, 3.8) is 0 Å². The van der Waals surface area contributed by atoms with Crippen LogP contribution in [0.25, 0.3) is 0 Å². The van der Waals surface area contributed by atoms with Crippen molar-refractivity contribution in [2.24, 2.45) is 11.5 Å². The Balaban J connectivity index is 2.19. The number of benzene rings is 1. The second-order valence-corrected chi connectivity index (χ2v) is 3.93. The fourth-order valence-electron chi connectivity index (χ4n) is 1.81. The van der Waals surface area contributed by atoms with E-state index in [1.165, 1.54) is 11.1 Å². The molecule has 0 amide bonds. The monoisotopic (exact) mass is 200 g/mol. The van der Waals surface area contributed by atoms with E-state index < -0.39 is 0 Å². The average Bonchev–Trinajstić information content (AvgIpc) is 2.25. The highest BCUT2D eigenvalue weighted by Gasteiger charge is 2.09. The number of hydrogen-bond acceptors (Lipinski definition) is 2. The normalized spacial score (nSPS) is 16.4. The molecule has 1 aromatic rings. The van der Waals surface area contributed by atoms with Gasteiger partial charge in [0, 0.05) is 11.4 Å². The molecule has 2 heteroatoms. The van der Waals surface area contributed by atoms with Crippen molar-refractivity contribution in [3.05, 3.63) is 58.9 Å². The van der Waals surface area contributed by atoms with Gasteiger partial charge in [0.25, 0.3) is 0 Å². The SMILES string of the molecule is NC1=CC(Cc2ccccc2)=C(N)CC1. The van der Waals surface area contributed by atoms with Crippen molar-refractivity contribution in [1.82, 2.24) is 0 Å². The van der Waals surface area contributed by atoms with Gasteiger partial charge < -0.3 is 11.5 Å². The molecule has 0 saturated heterocycles. The minimum absolute atomic E-state index is 0.882. The van der Waals surface area contributed by atoms with E-state index in [2.05, 4.69) is 12.1 Å². The molecular formula is C13H16N2. The molecule has 0 atom stereocenters. The van der Waals surface area contributed by atoms with Gasteiger partial charge in [-0.25, -0.2) is 0 Å². The van der Waals surface area contributed by atoms with Gasteiger partial charge in [-0.3, -0.25) is 0 Å². The van der Waals surface area contributed by atoms with E-state index in [-0.39, 0.29) is 0 Å². The lowest BCUT2D eigenvalue weighted by Gasteiger charge is -2.15. The highest BCUT2D eigenvalue weighted by atomic mass is 14.6. The van der Waals surface area contributed by atoms with Crippen LogP contribution < -0.4 is 11.5 Å². The standard InChI is InChI=1S/C13H16N2/c14-12-6-7-13(15)11(9-12)8-10-4-2-1-3-5-10/h1-5,9H,6-8,14-15H2. The Bertz CT molecular complexity index is 402. The zero-order chi connectivity index (χ0) is 10.7. The van der Waals surface area contributed by atoms with Gasteiger partial charge in [-0.1, -0.05) is 30.3 Å². The Morgan fingerprint density at radius 3 is 2.47 bits per heavy atom.